The maximum atomic E-state index is 11.5. The fourth-order valence-corrected chi connectivity index (χ4v) is 1.68. The van der Waals surface area contributed by atoms with Crippen LogP contribution in [0.4, 0.5) is 4.79 Å². The highest BCUT2D eigenvalue weighted by molar-refractivity contribution is 5.86. The number of carboxylic acid groups (broad SMARTS) is 2. The van der Waals surface area contributed by atoms with Crippen molar-refractivity contribution in [3.05, 3.63) is 12.2 Å². The van der Waals surface area contributed by atoms with Gasteiger partial charge in [0.05, 0.1) is 6.42 Å². The zero-order valence-corrected chi connectivity index (χ0v) is 9.76. The Labute approximate surface area is 104 Å². The van der Waals surface area contributed by atoms with Crippen LogP contribution in [0.2, 0.25) is 0 Å². The molecule has 7 nitrogen and oxygen atoms in total. The topological polar surface area (TPSA) is 116 Å². The minimum absolute atomic E-state index is 0.0331. The fraction of sp³-hybridized carbons (Fsp3) is 0.545. The molecule has 0 radical (unpaired) electrons. The van der Waals surface area contributed by atoms with Crippen LogP contribution in [-0.4, -0.2) is 40.3 Å². The van der Waals surface area contributed by atoms with Crippen LogP contribution in [0.1, 0.15) is 25.7 Å². The van der Waals surface area contributed by atoms with E-state index in [2.05, 4.69) is 10.6 Å². The Bertz CT molecular complexity index is 366. The van der Waals surface area contributed by atoms with E-state index in [1.807, 2.05) is 12.2 Å². The Hall–Kier alpha value is -2.05. The second-order valence-corrected chi connectivity index (χ2v) is 4.09. The van der Waals surface area contributed by atoms with E-state index < -0.39 is 30.4 Å². The number of amides is 2. The summed E-state index contributed by atoms with van der Waals surface area (Å²) < 4.78 is 0. The first-order valence-electron chi connectivity index (χ1n) is 5.65. The van der Waals surface area contributed by atoms with Gasteiger partial charge < -0.3 is 20.8 Å². The number of hydrogen-bond acceptors (Lipinski definition) is 3. The summed E-state index contributed by atoms with van der Waals surface area (Å²) in [6, 6.07) is -2.10. The van der Waals surface area contributed by atoms with Crippen LogP contribution in [0.5, 0.6) is 0 Å². The highest BCUT2D eigenvalue weighted by atomic mass is 16.4. The summed E-state index contributed by atoms with van der Waals surface area (Å²) in [5, 5.41) is 22.0. The van der Waals surface area contributed by atoms with Crippen molar-refractivity contribution < 1.29 is 24.6 Å². The van der Waals surface area contributed by atoms with Gasteiger partial charge in [0.25, 0.3) is 0 Å². The van der Waals surface area contributed by atoms with Gasteiger partial charge in [-0.05, 0) is 19.3 Å². The molecule has 7 heteroatoms. The van der Waals surface area contributed by atoms with Crippen LogP contribution in [0.15, 0.2) is 12.2 Å². The number of allylic oxidation sites excluding steroid dienone is 1. The van der Waals surface area contributed by atoms with Crippen molar-refractivity contribution in [3.63, 3.8) is 0 Å². The Morgan fingerprint density at radius 3 is 2.50 bits per heavy atom. The molecule has 0 aromatic heterocycles. The monoisotopic (exact) mass is 256 g/mol. The predicted octanol–water partition coefficient (Wildman–Crippen LogP) is 0.322. The first-order chi connectivity index (χ1) is 8.49. The van der Waals surface area contributed by atoms with Gasteiger partial charge in [0.15, 0.2) is 0 Å². The van der Waals surface area contributed by atoms with Gasteiger partial charge in [0.1, 0.15) is 6.04 Å². The molecule has 0 aliphatic heterocycles. The number of urea groups is 1. The molecule has 100 valence electrons. The van der Waals surface area contributed by atoms with E-state index in [1.165, 1.54) is 0 Å². The molecule has 18 heavy (non-hydrogen) atoms. The minimum Gasteiger partial charge on any atom is -0.481 e. The molecule has 0 bridgehead atoms. The summed E-state index contributed by atoms with van der Waals surface area (Å²) in [7, 11) is 0. The molecule has 0 fully saturated rings. The van der Waals surface area contributed by atoms with Gasteiger partial charge >= 0.3 is 18.0 Å². The van der Waals surface area contributed by atoms with Gasteiger partial charge in [-0.3, -0.25) is 4.79 Å². The molecule has 1 aliphatic rings. The van der Waals surface area contributed by atoms with Crippen LogP contribution in [-0.2, 0) is 9.59 Å². The average Bonchev–Trinajstić information content (AvgIpc) is 2.28. The molecule has 0 saturated heterocycles. The summed E-state index contributed by atoms with van der Waals surface area (Å²) in [5.74, 6) is -2.64. The summed E-state index contributed by atoms with van der Waals surface area (Å²) in [5.41, 5.74) is 0. The second kappa shape index (κ2) is 6.63. The Morgan fingerprint density at radius 1 is 1.28 bits per heavy atom. The lowest BCUT2D eigenvalue weighted by molar-refractivity contribution is -0.145. The van der Waals surface area contributed by atoms with Crippen molar-refractivity contribution >= 4 is 18.0 Å². The quantitative estimate of drug-likeness (QED) is 0.529. The third-order valence-corrected chi connectivity index (χ3v) is 2.59. The second-order valence-electron chi connectivity index (χ2n) is 4.09. The highest BCUT2D eigenvalue weighted by Crippen LogP contribution is 2.10. The lowest BCUT2D eigenvalue weighted by Gasteiger charge is -2.21. The molecule has 0 aromatic rings. The number of carbonyl (C=O) groups is 3. The van der Waals surface area contributed by atoms with Gasteiger partial charge in [-0.15, -0.1) is 0 Å². The number of nitrogens with one attached hydrogen (secondary N) is 2. The van der Waals surface area contributed by atoms with E-state index in [9.17, 15) is 14.4 Å². The first-order valence-corrected chi connectivity index (χ1v) is 5.65. The molecule has 2 atom stereocenters. The van der Waals surface area contributed by atoms with E-state index in [0.29, 0.717) is 6.42 Å². The van der Waals surface area contributed by atoms with Crippen molar-refractivity contribution in [1.29, 1.82) is 0 Å². The zero-order valence-electron chi connectivity index (χ0n) is 9.76. The number of rotatable bonds is 5. The molecule has 4 N–H and O–H groups in total. The third kappa shape index (κ3) is 4.86. The molecule has 2 amide bonds. The molecule has 1 rings (SSSR count). The number of aliphatic carboxylic acids is 2. The summed E-state index contributed by atoms with van der Waals surface area (Å²) in [6.07, 6.45) is 5.67. The molecule has 0 aromatic carbocycles. The van der Waals surface area contributed by atoms with Crippen LogP contribution >= 0.6 is 0 Å². The van der Waals surface area contributed by atoms with Crippen molar-refractivity contribution in [2.45, 2.75) is 37.8 Å². The van der Waals surface area contributed by atoms with E-state index in [-0.39, 0.29) is 6.04 Å². The maximum absolute atomic E-state index is 11.5. The zero-order chi connectivity index (χ0) is 13.5. The number of carboxylic acids is 2. The average molecular weight is 256 g/mol. The Morgan fingerprint density at radius 2 is 2.00 bits per heavy atom. The smallest absolute Gasteiger partial charge is 0.326 e. The molecule has 0 heterocycles. The Balaban J connectivity index is 2.43. The van der Waals surface area contributed by atoms with Crippen LogP contribution < -0.4 is 10.6 Å². The normalized spacial score (nSPS) is 19.9. The Kier molecular flexibility index (Phi) is 5.16. The van der Waals surface area contributed by atoms with Gasteiger partial charge in [-0.25, -0.2) is 9.59 Å². The summed E-state index contributed by atoms with van der Waals surface area (Å²) >= 11 is 0. The van der Waals surface area contributed by atoms with E-state index in [4.69, 9.17) is 10.2 Å². The van der Waals surface area contributed by atoms with Gasteiger partial charge in [0, 0.05) is 6.04 Å². The number of hydrogen-bond donors (Lipinski definition) is 4. The largest absolute Gasteiger partial charge is 0.481 e. The molecule has 0 saturated carbocycles. The lowest BCUT2D eigenvalue weighted by Crippen LogP contribution is -2.49. The van der Waals surface area contributed by atoms with Gasteiger partial charge in [0.2, 0.25) is 0 Å². The lowest BCUT2D eigenvalue weighted by atomic mass is 10.0. The standard InChI is InChI=1S/C11H16N2O5/c14-9(15)6-8(10(16)17)13-11(18)12-7-4-2-1-3-5-7/h1-2,7-8H,3-6H2,(H,14,15)(H,16,17)(H2,12,13,18)/t7?,8-/m0/s1. The van der Waals surface area contributed by atoms with Crippen molar-refractivity contribution in [2.75, 3.05) is 0 Å². The summed E-state index contributed by atoms with van der Waals surface area (Å²) in [4.78, 5) is 32.7. The molecular formula is C11H16N2O5. The van der Waals surface area contributed by atoms with Crippen molar-refractivity contribution in [3.8, 4) is 0 Å². The third-order valence-electron chi connectivity index (χ3n) is 2.59. The first kappa shape index (κ1) is 14.0. The predicted molar refractivity (Wildman–Crippen MR) is 62.1 cm³/mol. The highest BCUT2D eigenvalue weighted by Gasteiger charge is 2.24. The van der Waals surface area contributed by atoms with Crippen LogP contribution in [0.3, 0.4) is 0 Å². The molecule has 1 unspecified atom stereocenters. The summed E-state index contributed by atoms with van der Waals surface area (Å²) in [6.45, 7) is 0. The van der Waals surface area contributed by atoms with Crippen LogP contribution in [0.25, 0.3) is 0 Å². The van der Waals surface area contributed by atoms with Gasteiger partial charge in [-0.1, -0.05) is 12.2 Å². The van der Waals surface area contributed by atoms with E-state index >= 15 is 0 Å². The van der Waals surface area contributed by atoms with Crippen molar-refractivity contribution in [2.24, 2.45) is 0 Å². The molecule has 0 spiro atoms. The van der Waals surface area contributed by atoms with Crippen LogP contribution in [0, 0.1) is 0 Å². The van der Waals surface area contributed by atoms with E-state index in [1.54, 1.807) is 0 Å². The molecule has 1 aliphatic carbocycles. The van der Waals surface area contributed by atoms with E-state index in [0.717, 1.165) is 12.8 Å². The minimum atomic E-state index is -1.42. The maximum Gasteiger partial charge on any atom is 0.326 e. The van der Waals surface area contributed by atoms with Gasteiger partial charge in [-0.2, -0.15) is 0 Å². The van der Waals surface area contributed by atoms with Crippen molar-refractivity contribution in [1.82, 2.24) is 10.6 Å². The SMILES string of the molecule is O=C(O)C[C@H](NC(=O)NC1CC=CCC1)C(=O)O. The molecular weight excluding hydrogens is 240 g/mol. The fourth-order valence-electron chi connectivity index (χ4n) is 1.68. The number of carbonyl (C=O) groups excluding carboxylic acids is 1.